The number of carbonyl (C=O) groups excluding carboxylic acids is 1. The topological polar surface area (TPSA) is 84.2 Å². The van der Waals surface area contributed by atoms with Crippen molar-refractivity contribution in [3.63, 3.8) is 0 Å². The van der Waals surface area contributed by atoms with Crippen LogP contribution in [0, 0.1) is 0 Å². The summed E-state index contributed by atoms with van der Waals surface area (Å²) in [5.41, 5.74) is -2.36. The van der Waals surface area contributed by atoms with Gasteiger partial charge in [0.15, 0.2) is 5.69 Å². The number of carboxylic acids is 1. The molecule has 1 unspecified atom stereocenters. The molecule has 146 valence electrons. The number of hydrogen-bond donors (Lipinski definition) is 2. The molecule has 0 aliphatic heterocycles. The molecular weight excluding hydrogens is 363 g/mol. The molecule has 1 aromatic carbocycles. The molecule has 0 saturated heterocycles. The third-order valence-electron chi connectivity index (χ3n) is 3.88. The largest absolute Gasteiger partial charge is 0.481 e. The number of aliphatic carboxylic acids is 1. The molecule has 1 amide bonds. The minimum absolute atomic E-state index is 0.351. The lowest BCUT2D eigenvalue weighted by molar-refractivity contribution is -0.146. The van der Waals surface area contributed by atoms with E-state index in [9.17, 15) is 27.9 Å². The van der Waals surface area contributed by atoms with Gasteiger partial charge in [0.1, 0.15) is 0 Å². The molecule has 0 aliphatic carbocycles. The van der Waals surface area contributed by atoms with Gasteiger partial charge in [0, 0.05) is 6.54 Å². The fourth-order valence-corrected chi connectivity index (χ4v) is 2.62. The van der Waals surface area contributed by atoms with Crippen LogP contribution in [0.15, 0.2) is 36.5 Å². The second kappa shape index (κ2) is 7.42. The maximum absolute atomic E-state index is 13.5. The molecule has 0 aliphatic rings. The van der Waals surface area contributed by atoms with Crippen molar-refractivity contribution in [3.05, 3.63) is 53.3 Å². The van der Waals surface area contributed by atoms with E-state index in [1.807, 2.05) is 0 Å². The van der Waals surface area contributed by atoms with Gasteiger partial charge in [0.25, 0.3) is 5.91 Å². The van der Waals surface area contributed by atoms with Crippen LogP contribution in [0.25, 0.3) is 0 Å². The van der Waals surface area contributed by atoms with Crippen LogP contribution < -0.4 is 5.32 Å². The van der Waals surface area contributed by atoms with Crippen molar-refractivity contribution in [2.75, 3.05) is 6.54 Å². The lowest BCUT2D eigenvalue weighted by atomic mass is 9.99. The van der Waals surface area contributed by atoms with E-state index in [-0.39, 0.29) is 6.54 Å². The summed E-state index contributed by atoms with van der Waals surface area (Å²) < 4.78 is 41.2. The SMILES string of the molecule is CC(C)(C)n1ncc(C(=O)NCC(C(=O)O)c2ccccc2)c1C(F)(F)F. The van der Waals surface area contributed by atoms with Gasteiger partial charge in [-0.2, -0.15) is 18.3 Å². The van der Waals surface area contributed by atoms with E-state index in [0.29, 0.717) is 5.56 Å². The van der Waals surface area contributed by atoms with E-state index < -0.39 is 40.8 Å². The van der Waals surface area contributed by atoms with Crippen LogP contribution in [-0.2, 0) is 16.5 Å². The summed E-state index contributed by atoms with van der Waals surface area (Å²) in [6.45, 7) is 4.25. The maximum Gasteiger partial charge on any atom is 0.433 e. The Morgan fingerprint density at radius 2 is 1.78 bits per heavy atom. The molecule has 0 saturated carbocycles. The van der Waals surface area contributed by atoms with Crippen molar-refractivity contribution >= 4 is 11.9 Å². The summed E-state index contributed by atoms with van der Waals surface area (Å²) in [7, 11) is 0. The normalized spacial score (nSPS) is 13.3. The number of nitrogens with one attached hydrogen (secondary N) is 1. The number of rotatable bonds is 5. The molecule has 1 atom stereocenters. The highest BCUT2D eigenvalue weighted by Crippen LogP contribution is 2.34. The van der Waals surface area contributed by atoms with Crippen molar-refractivity contribution in [2.45, 2.75) is 38.4 Å². The molecule has 9 heteroatoms. The van der Waals surface area contributed by atoms with E-state index >= 15 is 0 Å². The maximum atomic E-state index is 13.5. The fourth-order valence-electron chi connectivity index (χ4n) is 2.62. The Morgan fingerprint density at radius 1 is 1.19 bits per heavy atom. The third kappa shape index (κ3) is 4.66. The number of carbonyl (C=O) groups is 2. The zero-order valence-electron chi connectivity index (χ0n) is 15.0. The smallest absolute Gasteiger partial charge is 0.433 e. The van der Waals surface area contributed by atoms with Gasteiger partial charge in [0.05, 0.1) is 23.2 Å². The summed E-state index contributed by atoms with van der Waals surface area (Å²) in [5, 5.41) is 15.4. The average Bonchev–Trinajstić information content (AvgIpc) is 3.01. The molecule has 27 heavy (non-hydrogen) atoms. The van der Waals surface area contributed by atoms with Gasteiger partial charge >= 0.3 is 12.1 Å². The van der Waals surface area contributed by atoms with Crippen LogP contribution >= 0.6 is 0 Å². The van der Waals surface area contributed by atoms with Crippen LogP contribution in [0.1, 0.15) is 48.3 Å². The Morgan fingerprint density at radius 3 is 2.26 bits per heavy atom. The molecule has 1 aromatic heterocycles. The van der Waals surface area contributed by atoms with Crippen LogP contribution in [0.3, 0.4) is 0 Å². The Kier molecular flexibility index (Phi) is 5.62. The molecule has 1 heterocycles. The Balaban J connectivity index is 2.28. The molecule has 2 rings (SSSR count). The molecule has 6 nitrogen and oxygen atoms in total. The number of hydrogen-bond acceptors (Lipinski definition) is 3. The van der Waals surface area contributed by atoms with Crippen molar-refractivity contribution < 1.29 is 27.9 Å². The number of amides is 1. The number of carboxylic acid groups (broad SMARTS) is 1. The van der Waals surface area contributed by atoms with Crippen LogP contribution in [0.2, 0.25) is 0 Å². The molecule has 0 radical (unpaired) electrons. The third-order valence-corrected chi connectivity index (χ3v) is 3.88. The van der Waals surface area contributed by atoms with Gasteiger partial charge in [-0.25, -0.2) is 0 Å². The van der Waals surface area contributed by atoms with E-state index in [4.69, 9.17) is 0 Å². The zero-order valence-corrected chi connectivity index (χ0v) is 15.0. The van der Waals surface area contributed by atoms with E-state index in [1.165, 1.54) is 20.8 Å². The number of aromatic nitrogens is 2. The minimum atomic E-state index is -4.79. The summed E-state index contributed by atoms with van der Waals surface area (Å²) in [4.78, 5) is 23.8. The van der Waals surface area contributed by atoms with Gasteiger partial charge < -0.3 is 10.4 Å². The number of nitrogens with zero attached hydrogens (tertiary/aromatic N) is 2. The molecule has 0 fully saturated rings. The van der Waals surface area contributed by atoms with Crippen molar-refractivity contribution in [1.82, 2.24) is 15.1 Å². The monoisotopic (exact) mass is 383 g/mol. The lowest BCUT2D eigenvalue weighted by Crippen LogP contribution is -2.34. The van der Waals surface area contributed by atoms with Gasteiger partial charge in [0.2, 0.25) is 0 Å². The highest BCUT2D eigenvalue weighted by Gasteiger charge is 2.42. The molecule has 2 aromatic rings. The summed E-state index contributed by atoms with van der Waals surface area (Å²) >= 11 is 0. The summed E-state index contributed by atoms with van der Waals surface area (Å²) in [5.74, 6) is -3.30. The average molecular weight is 383 g/mol. The highest BCUT2D eigenvalue weighted by atomic mass is 19.4. The molecule has 2 N–H and O–H groups in total. The van der Waals surface area contributed by atoms with Crippen LogP contribution in [0.5, 0.6) is 0 Å². The fraction of sp³-hybridized carbons (Fsp3) is 0.389. The number of halogens is 3. The first-order valence-electron chi connectivity index (χ1n) is 8.14. The first-order chi connectivity index (χ1) is 12.4. The van der Waals surface area contributed by atoms with E-state index in [0.717, 1.165) is 10.9 Å². The first kappa shape index (κ1) is 20.5. The van der Waals surface area contributed by atoms with Crippen LogP contribution in [0.4, 0.5) is 13.2 Å². The van der Waals surface area contributed by atoms with Crippen molar-refractivity contribution in [1.29, 1.82) is 0 Å². The lowest BCUT2D eigenvalue weighted by Gasteiger charge is -2.24. The first-order valence-corrected chi connectivity index (χ1v) is 8.14. The second-order valence-corrected chi connectivity index (χ2v) is 7.00. The summed E-state index contributed by atoms with van der Waals surface area (Å²) in [6, 6.07) is 8.13. The molecule has 0 spiro atoms. The van der Waals surface area contributed by atoms with Crippen molar-refractivity contribution in [3.8, 4) is 0 Å². The zero-order chi connectivity index (χ0) is 20.4. The predicted octanol–water partition coefficient (Wildman–Crippen LogP) is 3.26. The van der Waals surface area contributed by atoms with Gasteiger partial charge in [-0.1, -0.05) is 30.3 Å². The van der Waals surface area contributed by atoms with Gasteiger partial charge in [-0.05, 0) is 26.3 Å². The Bertz CT molecular complexity index is 824. The predicted molar refractivity (Wildman–Crippen MR) is 91.4 cm³/mol. The summed E-state index contributed by atoms with van der Waals surface area (Å²) in [6.07, 6.45) is -3.94. The number of benzene rings is 1. The highest BCUT2D eigenvalue weighted by molar-refractivity contribution is 5.95. The van der Waals surface area contributed by atoms with Gasteiger partial charge in [-0.15, -0.1) is 0 Å². The quantitative estimate of drug-likeness (QED) is 0.830. The van der Waals surface area contributed by atoms with Crippen LogP contribution in [-0.4, -0.2) is 33.3 Å². The molecule has 0 bridgehead atoms. The second-order valence-electron chi connectivity index (χ2n) is 7.00. The Labute approximate surface area is 154 Å². The Hall–Kier alpha value is -2.84. The van der Waals surface area contributed by atoms with E-state index in [1.54, 1.807) is 30.3 Å². The van der Waals surface area contributed by atoms with E-state index in [2.05, 4.69) is 10.4 Å². The van der Waals surface area contributed by atoms with Crippen molar-refractivity contribution in [2.24, 2.45) is 0 Å². The standard InChI is InChI=1S/C18H20F3N3O3/c1-17(2,3)24-14(18(19,20)21)13(10-23-24)15(25)22-9-12(16(26)27)11-7-5-4-6-8-11/h4-8,10,12H,9H2,1-3H3,(H,22,25)(H,26,27). The number of alkyl halides is 3. The minimum Gasteiger partial charge on any atom is -0.481 e. The van der Waals surface area contributed by atoms with Gasteiger partial charge in [-0.3, -0.25) is 14.3 Å². The molecular formula is C18H20F3N3O3.